The second-order valence-electron chi connectivity index (χ2n) is 6.37. The minimum absolute atomic E-state index is 0.352. The molecule has 0 bridgehead atoms. The highest BCUT2D eigenvalue weighted by molar-refractivity contribution is 6.33. The fourth-order valence-corrected chi connectivity index (χ4v) is 3.75. The molecule has 0 spiro atoms. The molecule has 1 heterocycles. The third kappa shape index (κ3) is 3.54. The van der Waals surface area contributed by atoms with Crippen molar-refractivity contribution in [2.45, 2.75) is 53.0 Å². The summed E-state index contributed by atoms with van der Waals surface area (Å²) in [5, 5.41) is 4.33. The second-order valence-corrected chi connectivity index (χ2v) is 6.78. The Morgan fingerprint density at radius 2 is 2.00 bits per heavy atom. The number of benzene rings is 1. The molecule has 0 radical (unpaired) electrons. The Balaban J connectivity index is 2.15. The molecule has 0 aromatic heterocycles. The molecule has 0 saturated carbocycles. The Hall–Kier alpha value is -0.730. The van der Waals surface area contributed by atoms with Gasteiger partial charge in [0.25, 0.3) is 0 Å². The smallest absolute Gasteiger partial charge is 0.0642 e. The van der Waals surface area contributed by atoms with Gasteiger partial charge in [-0.15, -0.1) is 0 Å². The van der Waals surface area contributed by atoms with E-state index in [1.165, 1.54) is 30.5 Å². The van der Waals surface area contributed by atoms with Crippen LogP contribution in [-0.2, 0) is 0 Å². The van der Waals surface area contributed by atoms with Gasteiger partial charge in [-0.2, -0.15) is 0 Å². The van der Waals surface area contributed by atoms with Gasteiger partial charge in [-0.25, -0.2) is 0 Å². The Bertz CT molecular complexity index is 468. The van der Waals surface area contributed by atoms with Gasteiger partial charge in [-0.1, -0.05) is 38.4 Å². The van der Waals surface area contributed by atoms with Crippen LogP contribution in [0.25, 0.3) is 0 Å². The summed E-state index contributed by atoms with van der Waals surface area (Å²) in [7, 11) is 0. The van der Waals surface area contributed by atoms with Crippen molar-refractivity contribution in [3.63, 3.8) is 0 Å². The zero-order chi connectivity index (χ0) is 15.5. The van der Waals surface area contributed by atoms with E-state index in [0.717, 1.165) is 24.7 Å². The third-order valence-corrected chi connectivity index (χ3v) is 5.56. The molecule has 1 saturated heterocycles. The minimum atomic E-state index is 0.352. The van der Waals surface area contributed by atoms with Crippen LogP contribution >= 0.6 is 11.6 Å². The van der Waals surface area contributed by atoms with Gasteiger partial charge < -0.3 is 10.2 Å². The summed E-state index contributed by atoms with van der Waals surface area (Å²) >= 11 is 6.56. The maximum atomic E-state index is 6.56. The minimum Gasteiger partial charge on any atom is -0.370 e. The van der Waals surface area contributed by atoms with Crippen molar-refractivity contribution in [1.82, 2.24) is 5.32 Å². The van der Waals surface area contributed by atoms with E-state index in [1.807, 2.05) is 0 Å². The second kappa shape index (κ2) is 7.02. The molecule has 2 nitrogen and oxygen atoms in total. The average molecular weight is 309 g/mol. The van der Waals surface area contributed by atoms with E-state index in [2.05, 4.69) is 56.1 Å². The molecule has 0 aliphatic carbocycles. The lowest BCUT2D eigenvalue weighted by Crippen LogP contribution is -2.26. The van der Waals surface area contributed by atoms with Gasteiger partial charge in [0, 0.05) is 19.1 Å². The quantitative estimate of drug-likeness (QED) is 0.793. The first-order valence-electron chi connectivity index (χ1n) is 8.33. The Kier molecular flexibility index (Phi) is 5.56. The van der Waals surface area contributed by atoms with Crippen LogP contribution in [0.15, 0.2) is 18.2 Å². The Labute approximate surface area is 134 Å². The number of nitrogens with zero attached hydrogens (tertiary/aromatic N) is 1. The maximum absolute atomic E-state index is 6.56. The molecule has 0 amide bonds. The summed E-state index contributed by atoms with van der Waals surface area (Å²) < 4.78 is 0. The first-order valence-corrected chi connectivity index (χ1v) is 8.70. The highest BCUT2D eigenvalue weighted by atomic mass is 35.5. The van der Waals surface area contributed by atoms with Crippen LogP contribution < -0.4 is 10.2 Å². The van der Waals surface area contributed by atoms with E-state index < -0.39 is 0 Å². The molecular weight excluding hydrogens is 280 g/mol. The lowest BCUT2D eigenvalue weighted by molar-refractivity contribution is 0.301. The topological polar surface area (TPSA) is 15.3 Å². The van der Waals surface area contributed by atoms with Crippen LogP contribution in [0.5, 0.6) is 0 Å². The Morgan fingerprint density at radius 1 is 1.29 bits per heavy atom. The van der Waals surface area contributed by atoms with Crippen molar-refractivity contribution in [1.29, 1.82) is 0 Å². The predicted molar refractivity (Wildman–Crippen MR) is 93.4 cm³/mol. The summed E-state index contributed by atoms with van der Waals surface area (Å²) in [6, 6.07) is 6.90. The lowest BCUT2D eigenvalue weighted by atomic mass is 9.82. The number of anilines is 1. The van der Waals surface area contributed by atoms with E-state index in [4.69, 9.17) is 11.6 Å². The largest absolute Gasteiger partial charge is 0.370 e. The number of hydrogen-bond acceptors (Lipinski definition) is 2. The van der Waals surface area contributed by atoms with Gasteiger partial charge in [0.1, 0.15) is 0 Å². The number of halogens is 1. The molecule has 21 heavy (non-hydrogen) atoms. The van der Waals surface area contributed by atoms with Crippen LogP contribution in [0.4, 0.5) is 5.69 Å². The molecule has 1 atom stereocenters. The van der Waals surface area contributed by atoms with Crippen LogP contribution in [-0.4, -0.2) is 19.6 Å². The summed E-state index contributed by atoms with van der Waals surface area (Å²) in [4.78, 5) is 2.47. The van der Waals surface area contributed by atoms with E-state index in [0.29, 0.717) is 11.5 Å². The zero-order valence-electron chi connectivity index (χ0n) is 13.9. The van der Waals surface area contributed by atoms with Crippen LogP contribution in [0.2, 0.25) is 5.02 Å². The molecular formula is C18H29ClN2. The SMILES string of the molecule is CCNC(C)c1ccc(N2CCC(CC)(CC)C2)c(Cl)c1. The normalized spacial score (nSPS) is 19.0. The zero-order valence-corrected chi connectivity index (χ0v) is 14.6. The fraction of sp³-hybridized carbons (Fsp3) is 0.667. The molecule has 1 aromatic carbocycles. The van der Waals surface area contributed by atoms with Gasteiger partial charge in [-0.05, 0) is 55.8 Å². The molecule has 3 heteroatoms. The van der Waals surface area contributed by atoms with Gasteiger partial charge in [0.05, 0.1) is 10.7 Å². The monoisotopic (exact) mass is 308 g/mol. The summed E-state index contributed by atoms with van der Waals surface area (Å²) in [6.07, 6.45) is 3.80. The van der Waals surface area contributed by atoms with Crippen LogP contribution in [0.1, 0.15) is 58.6 Å². The highest BCUT2D eigenvalue weighted by Gasteiger charge is 2.35. The van der Waals surface area contributed by atoms with Crippen molar-refractivity contribution in [3.8, 4) is 0 Å². The number of nitrogens with one attached hydrogen (secondary N) is 1. The van der Waals surface area contributed by atoms with Gasteiger partial charge >= 0.3 is 0 Å². The fourth-order valence-electron chi connectivity index (χ4n) is 3.44. The number of rotatable bonds is 6. The average Bonchev–Trinajstić information content (AvgIpc) is 2.92. The van der Waals surface area contributed by atoms with E-state index in [1.54, 1.807) is 0 Å². The molecule has 1 N–H and O–H groups in total. The van der Waals surface area contributed by atoms with E-state index in [9.17, 15) is 0 Å². The molecule has 1 aliphatic heterocycles. The molecule has 118 valence electrons. The van der Waals surface area contributed by atoms with Crippen molar-refractivity contribution in [2.24, 2.45) is 5.41 Å². The molecule has 1 unspecified atom stereocenters. The maximum Gasteiger partial charge on any atom is 0.0642 e. The van der Waals surface area contributed by atoms with Crippen molar-refractivity contribution < 1.29 is 0 Å². The molecule has 1 aromatic rings. The van der Waals surface area contributed by atoms with Crippen LogP contribution in [0, 0.1) is 5.41 Å². The Morgan fingerprint density at radius 3 is 2.52 bits per heavy atom. The van der Waals surface area contributed by atoms with E-state index >= 15 is 0 Å². The van der Waals surface area contributed by atoms with Crippen molar-refractivity contribution in [2.75, 3.05) is 24.5 Å². The first kappa shape index (κ1) is 16.6. The van der Waals surface area contributed by atoms with Crippen molar-refractivity contribution >= 4 is 17.3 Å². The lowest BCUT2D eigenvalue weighted by Gasteiger charge is -2.28. The molecule has 1 aliphatic rings. The summed E-state index contributed by atoms with van der Waals surface area (Å²) in [5.74, 6) is 0. The first-order chi connectivity index (χ1) is 10.0. The number of hydrogen-bond donors (Lipinski definition) is 1. The van der Waals surface area contributed by atoms with Gasteiger partial charge in [0.2, 0.25) is 0 Å². The van der Waals surface area contributed by atoms with Gasteiger partial charge in [-0.3, -0.25) is 0 Å². The summed E-state index contributed by atoms with van der Waals surface area (Å²) in [5.41, 5.74) is 2.95. The van der Waals surface area contributed by atoms with Crippen molar-refractivity contribution in [3.05, 3.63) is 28.8 Å². The van der Waals surface area contributed by atoms with Crippen LogP contribution in [0.3, 0.4) is 0 Å². The molecule has 1 fully saturated rings. The molecule has 2 rings (SSSR count). The predicted octanol–water partition coefficient (Wildman–Crippen LogP) is 5.03. The standard InChI is InChI=1S/C18H29ClN2/c1-5-18(6-2)10-11-21(13-18)17-9-8-15(12-16(17)19)14(4)20-7-3/h8-9,12,14,20H,5-7,10-11,13H2,1-4H3. The summed E-state index contributed by atoms with van der Waals surface area (Å²) in [6.45, 7) is 12.2. The van der Waals surface area contributed by atoms with Gasteiger partial charge in [0.15, 0.2) is 0 Å². The third-order valence-electron chi connectivity index (χ3n) is 5.26. The van der Waals surface area contributed by atoms with E-state index in [-0.39, 0.29) is 0 Å². The highest BCUT2D eigenvalue weighted by Crippen LogP contribution is 2.41.